The summed E-state index contributed by atoms with van der Waals surface area (Å²) in [6.45, 7) is 8.10. The lowest BCUT2D eigenvalue weighted by Gasteiger charge is -2.38. The molecule has 7 nitrogen and oxygen atoms in total. The Kier molecular flexibility index (Phi) is 7.31. The summed E-state index contributed by atoms with van der Waals surface area (Å²) in [6, 6.07) is 3.87. The number of hydrogen-bond donors (Lipinski definition) is 1. The Labute approximate surface area is 204 Å². The van der Waals surface area contributed by atoms with Crippen molar-refractivity contribution in [1.29, 1.82) is 0 Å². The van der Waals surface area contributed by atoms with Gasteiger partial charge in [0, 0.05) is 12.0 Å². The van der Waals surface area contributed by atoms with Gasteiger partial charge < -0.3 is 10.5 Å². The number of ether oxygens (including phenoxy) is 1. The van der Waals surface area contributed by atoms with Crippen molar-refractivity contribution in [3.8, 4) is 17.7 Å². The lowest BCUT2D eigenvalue weighted by Crippen LogP contribution is -2.55. The number of nitrogens with two attached hydrogens (primary N) is 1. The number of aromatic nitrogens is 2. The molecule has 186 valence electrons. The molecule has 0 amide bonds. The van der Waals surface area contributed by atoms with Crippen molar-refractivity contribution in [1.82, 2.24) is 9.97 Å². The monoisotopic (exact) mass is 502 g/mol. The summed E-state index contributed by atoms with van der Waals surface area (Å²) in [5, 5.41) is 0. The number of benzene rings is 1. The quantitative estimate of drug-likeness (QED) is 0.619. The fraction of sp³-hybridized carbons (Fsp3) is 0.400. The molecule has 2 aromatic rings. The molecule has 0 fully saturated rings. The van der Waals surface area contributed by atoms with E-state index >= 15 is 0 Å². The van der Waals surface area contributed by atoms with Crippen molar-refractivity contribution in [3.63, 3.8) is 0 Å². The van der Waals surface area contributed by atoms with Gasteiger partial charge in [-0.3, -0.25) is 4.99 Å². The lowest BCUT2D eigenvalue weighted by atomic mass is 9.91. The minimum Gasteiger partial charge on any atom is -0.460 e. The summed E-state index contributed by atoms with van der Waals surface area (Å²) in [6.07, 6.45) is 3.97. The van der Waals surface area contributed by atoms with Gasteiger partial charge in [0.05, 0.1) is 18.1 Å². The average Bonchev–Trinajstić information content (AvgIpc) is 2.78. The molecule has 0 saturated heterocycles. The standard InChI is InChI=1S/C25H28F2N4O3S/c1-6-7-8-16(2)34-22-14-29-21(13-30-22)20(27)12-17-9-10-19(26)18(11-17)25(5)15-35(32,33)24(3,4)23(28)31-25/h9-14,16H,6,15H2,1-5H3,(H2,28,31)/b20-12-/t16-,25+/m1/s1. The molecule has 1 aliphatic rings. The van der Waals surface area contributed by atoms with Gasteiger partial charge in [-0.2, -0.15) is 0 Å². The molecular weight excluding hydrogens is 474 g/mol. The van der Waals surface area contributed by atoms with E-state index in [0.29, 0.717) is 12.0 Å². The maximum Gasteiger partial charge on any atom is 0.233 e. The van der Waals surface area contributed by atoms with Crippen LogP contribution in [0.3, 0.4) is 0 Å². The van der Waals surface area contributed by atoms with Gasteiger partial charge in [-0.15, -0.1) is 0 Å². The van der Waals surface area contributed by atoms with Gasteiger partial charge in [0.2, 0.25) is 5.88 Å². The highest BCUT2D eigenvalue weighted by atomic mass is 32.2. The second-order valence-electron chi connectivity index (χ2n) is 8.95. The van der Waals surface area contributed by atoms with Crippen LogP contribution < -0.4 is 10.5 Å². The van der Waals surface area contributed by atoms with E-state index in [9.17, 15) is 17.2 Å². The van der Waals surface area contributed by atoms with Crippen LogP contribution in [0.25, 0.3) is 11.9 Å². The van der Waals surface area contributed by atoms with E-state index in [2.05, 4.69) is 26.8 Å². The van der Waals surface area contributed by atoms with Crippen molar-refractivity contribution >= 4 is 27.6 Å². The van der Waals surface area contributed by atoms with Crippen LogP contribution in [0.5, 0.6) is 5.88 Å². The molecule has 0 saturated carbocycles. The van der Waals surface area contributed by atoms with Crippen LogP contribution in [0.1, 0.15) is 57.9 Å². The average molecular weight is 503 g/mol. The maximum absolute atomic E-state index is 14.9. The molecule has 0 aliphatic carbocycles. The molecule has 0 unspecified atom stereocenters. The number of halogens is 2. The van der Waals surface area contributed by atoms with Crippen LogP contribution in [0.2, 0.25) is 0 Å². The van der Waals surface area contributed by atoms with Crippen LogP contribution >= 0.6 is 0 Å². The zero-order chi connectivity index (χ0) is 26.0. The van der Waals surface area contributed by atoms with Crippen molar-refractivity contribution in [2.24, 2.45) is 10.7 Å². The maximum atomic E-state index is 14.9. The second kappa shape index (κ2) is 9.74. The lowest BCUT2D eigenvalue weighted by molar-refractivity contribution is 0.266. The summed E-state index contributed by atoms with van der Waals surface area (Å²) in [7, 11) is -3.73. The largest absolute Gasteiger partial charge is 0.460 e. The Morgan fingerprint density at radius 1 is 1.29 bits per heavy atom. The molecule has 2 N–H and O–H groups in total. The number of aliphatic imine (C=N–C) groups is 1. The van der Waals surface area contributed by atoms with Crippen LogP contribution in [-0.2, 0) is 15.4 Å². The fourth-order valence-electron chi connectivity index (χ4n) is 3.50. The second-order valence-corrected chi connectivity index (χ2v) is 11.5. The highest BCUT2D eigenvalue weighted by Gasteiger charge is 2.49. The normalized spacial score (nSPS) is 21.9. The molecule has 0 spiro atoms. The molecule has 3 rings (SSSR count). The summed E-state index contributed by atoms with van der Waals surface area (Å²) >= 11 is 0. The molecule has 1 aliphatic heterocycles. The third-order valence-corrected chi connectivity index (χ3v) is 8.46. The molecule has 1 aromatic heterocycles. The first-order chi connectivity index (χ1) is 16.3. The van der Waals surface area contributed by atoms with Gasteiger partial charge in [0.15, 0.2) is 21.8 Å². The number of rotatable bonds is 5. The van der Waals surface area contributed by atoms with E-state index in [0.717, 1.165) is 12.1 Å². The Bertz CT molecular complexity index is 1340. The number of hydrogen-bond acceptors (Lipinski definition) is 7. The smallest absolute Gasteiger partial charge is 0.233 e. The Balaban J connectivity index is 1.90. The topological polar surface area (TPSA) is 108 Å². The van der Waals surface area contributed by atoms with Crippen LogP contribution in [-0.4, -0.2) is 40.8 Å². The molecule has 10 heteroatoms. The minimum absolute atomic E-state index is 0.00177. The molecule has 35 heavy (non-hydrogen) atoms. The first-order valence-electron chi connectivity index (χ1n) is 11.0. The van der Waals surface area contributed by atoms with E-state index in [-0.39, 0.29) is 29.1 Å². The van der Waals surface area contributed by atoms with Crippen molar-refractivity contribution in [3.05, 3.63) is 53.2 Å². The molecule has 0 bridgehead atoms. The van der Waals surface area contributed by atoms with E-state index in [1.165, 1.54) is 45.3 Å². The zero-order valence-corrected chi connectivity index (χ0v) is 21.1. The predicted molar refractivity (Wildman–Crippen MR) is 132 cm³/mol. The molecule has 1 aromatic carbocycles. The van der Waals surface area contributed by atoms with Crippen molar-refractivity contribution in [2.75, 3.05) is 5.75 Å². The number of sulfone groups is 1. The molecular formula is C25H28F2N4O3S. The van der Waals surface area contributed by atoms with E-state index in [1.54, 1.807) is 6.92 Å². The third kappa shape index (κ3) is 5.51. The van der Waals surface area contributed by atoms with E-state index in [4.69, 9.17) is 10.5 Å². The highest BCUT2D eigenvalue weighted by molar-refractivity contribution is 7.93. The van der Waals surface area contributed by atoms with Gasteiger partial charge in [-0.1, -0.05) is 24.8 Å². The molecule has 0 radical (unpaired) electrons. The van der Waals surface area contributed by atoms with Crippen LogP contribution in [0.4, 0.5) is 8.78 Å². The predicted octanol–water partition coefficient (Wildman–Crippen LogP) is 4.04. The zero-order valence-electron chi connectivity index (χ0n) is 20.3. The Hall–Kier alpha value is -3.32. The first kappa shape index (κ1) is 26.3. The van der Waals surface area contributed by atoms with Gasteiger partial charge in [-0.05, 0) is 51.5 Å². The summed E-state index contributed by atoms with van der Waals surface area (Å²) < 4.78 is 59.5. The van der Waals surface area contributed by atoms with Crippen molar-refractivity contribution in [2.45, 2.75) is 57.4 Å². The first-order valence-corrected chi connectivity index (χ1v) is 12.7. The van der Waals surface area contributed by atoms with Gasteiger partial charge in [0.1, 0.15) is 27.6 Å². The fourth-order valence-corrected chi connectivity index (χ4v) is 5.19. The summed E-state index contributed by atoms with van der Waals surface area (Å²) in [4.78, 5) is 12.4. The van der Waals surface area contributed by atoms with Crippen LogP contribution in [0, 0.1) is 17.7 Å². The molecule has 2 heterocycles. The van der Waals surface area contributed by atoms with Gasteiger partial charge >= 0.3 is 0 Å². The Morgan fingerprint density at radius 2 is 2.00 bits per heavy atom. The third-order valence-electron chi connectivity index (χ3n) is 5.75. The number of amidine groups is 1. The van der Waals surface area contributed by atoms with Crippen LogP contribution in [0.15, 0.2) is 35.6 Å². The van der Waals surface area contributed by atoms with Gasteiger partial charge in [-0.25, -0.2) is 27.2 Å². The van der Waals surface area contributed by atoms with E-state index in [1.807, 2.05) is 6.92 Å². The molecule has 2 atom stereocenters. The highest BCUT2D eigenvalue weighted by Crippen LogP contribution is 2.38. The summed E-state index contributed by atoms with van der Waals surface area (Å²) in [5.74, 6) is 4.07. The summed E-state index contributed by atoms with van der Waals surface area (Å²) in [5.41, 5.74) is 4.74. The minimum atomic E-state index is -3.73. The Morgan fingerprint density at radius 3 is 2.60 bits per heavy atom. The van der Waals surface area contributed by atoms with E-state index < -0.39 is 37.5 Å². The SMILES string of the molecule is CCC#C[C@@H](C)Oc1cnc(/C(F)=C/c2ccc(F)c([C@]3(C)CS(=O)(=O)C(C)(C)C(N)=N3)c2)cn1. The number of nitrogens with zero attached hydrogens (tertiary/aromatic N) is 3. The van der Waals surface area contributed by atoms with Gasteiger partial charge in [0.25, 0.3) is 0 Å². The van der Waals surface area contributed by atoms with Crippen molar-refractivity contribution < 1.29 is 21.9 Å².